The van der Waals surface area contributed by atoms with Gasteiger partial charge < -0.3 is 13.7 Å². The minimum Gasteiger partial charge on any atom is -0.444 e. The summed E-state index contributed by atoms with van der Waals surface area (Å²) in [5.74, 6) is 2.62. The fraction of sp³-hybridized carbons (Fsp3) is 0.684. The van der Waals surface area contributed by atoms with E-state index in [0.29, 0.717) is 28.8 Å². The molecule has 2 fully saturated rings. The van der Waals surface area contributed by atoms with Gasteiger partial charge in [0.1, 0.15) is 0 Å². The zero-order chi connectivity index (χ0) is 17.8. The van der Waals surface area contributed by atoms with Crippen molar-refractivity contribution < 1.29 is 8.83 Å². The van der Waals surface area contributed by atoms with Crippen LogP contribution in [0.3, 0.4) is 0 Å². The van der Waals surface area contributed by atoms with E-state index in [1.807, 2.05) is 12.1 Å². The van der Waals surface area contributed by atoms with E-state index in [1.54, 1.807) is 0 Å². The Morgan fingerprint density at radius 1 is 0.923 bits per heavy atom. The molecule has 2 aromatic rings. The Labute approximate surface area is 163 Å². The second-order valence-electron chi connectivity index (χ2n) is 7.54. The van der Waals surface area contributed by atoms with Crippen molar-refractivity contribution in [3.8, 4) is 11.7 Å². The Morgan fingerprint density at radius 3 is 2.54 bits per heavy atom. The smallest absolute Gasteiger partial charge is 0.283 e. The van der Waals surface area contributed by atoms with Crippen molar-refractivity contribution in [3.05, 3.63) is 22.7 Å². The van der Waals surface area contributed by atoms with Crippen LogP contribution in [0.15, 0.2) is 25.6 Å². The molecule has 26 heavy (non-hydrogen) atoms. The summed E-state index contributed by atoms with van der Waals surface area (Å²) < 4.78 is 11.9. The van der Waals surface area contributed by atoms with Gasteiger partial charge in [0.25, 0.3) is 5.89 Å². The Hall–Kier alpha value is -1.18. The average molecular weight is 423 g/mol. The van der Waals surface area contributed by atoms with E-state index < -0.39 is 0 Å². The van der Waals surface area contributed by atoms with Crippen molar-refractivity contribution in [3.63, 3.8) is 0 Å². The molecule has 2 aromatic heterocycles. The van der Waals surface area contributed by atoms with Gasteiger partial charge in [-0.3, -0.25) is 4.90 Å². The van der Waals surface area contributed by atoms with Crippen molar-refractivity contribution in [1.29, 1.82) is 0 Å². The monoisotopic (exact) mass is 422 g/mol. The van der Waals surface area contributed by atoms with Crippen LogP contribution in [0, 0.1) is 5.92 Å². The molecule has 1 aliphatic heterocycles. The van der Waals surface area contributed by atoms with Crippen LogP contribution in [-0.2, 0) is 6.54 Å². The lowest BCUT2D eigenvalue weighted by Gasteiger charge is -2.28. The summed E-state index contributed by atoms with van der Waals surface area (Å²) in [7, 11) is 0. The number of halogens is 1. The summed E-state index contributed by atoms with van der Waals surface area (Å²) >= 11 is 3.30. The van der Waals surface area contributed by atoms with E-state index in [0.717, 1.165) is 25.6 Å². The summed E-state index contributed by atoms with van der Waals surface area (Å²) in [5.41, 5.74) is 0. The molecule has 2 aliphatic rings. The van der Waals surface area contributed by atoms with Crippen molar-refractivity contribution in [2.75, 3.05) is 32.7 Å². The second kappa shape index (κ2) is 8.67. The van der Waals surface area contributed by atoms with Gasteiger partial charge in [0.05, 0.1) is 6.54 Å². The van der Waals surface area contributed by atoms with Crippen molar-refractivity contribution in [2.45, 2.75) is 45.1 Å². The van der Waals surface area contributed by atoms with Gasteiger partial charge in [-0.2, -0.15) is 0 Å². The van der Waals surface area contributed by atoms with Crippen LogP contribution in [0.4, 0.5) is 0 Å². The molecule has 4 rings (SSSR count). The number of hydrogen-bond acceptors (Lipinski definition) is 6. The maximum absolute atomic E-state index is 5.78. The van der Waals surface area contributed by atoms with Gasteiger partial charge in [0.2, 0.25) is 5.89 Å². The van der Waals surface area contributed by atoms with Crippen LogP contribution in [0.2, 0.25) is 0 Å². The van der Waals surface area contributed by atoms with E-state index in [1.165, 1.54) is 51.6 Å². The van der Waals surface area contributed by atoms with Gasteiger partial charge in [-0.25, -0.2) is 0 Å². The summed E-state index contributed by atoms with van der Waals surface area (Å²) in [6, 6.07) is 3.66. The second-order valence-corrected chi connectivity index (χ2v) is 8.32. The third-order valence-corrected chi connectivity index (χ3v) is 5.96. The molecule has 0 unspecified atom stereocenters. The molecule has 6 nitrogen and oxygen atoms in total. The quantitative estimate of drug-likeness (QED) is 0.719. The minimum atomic E-state index is 0.444. The molecule has 0 aromatic carbocycles. The molecule has 1 aliphatic carbocycles. The largest absolute Gasteiger partial charge is 0.444 e. The number of furan rings is 1. The van der Waals surface area contributed by atoms with E-state index in [4.69, 9.17) is 8.83 Å². The molecule has 0 bridgehead atoms. The summed E-state index contributed by atoms with van der Waals surface area (Å²) in [5, 5.41) is 8.30. The third kappa shape index (κ3) is 4.75. The molecule has 3 heterocycles. The third-order valence-electron chi connectivity index (χ3n) is 5.53. The van der Waals surface area contributed by atoms with E-state index in [9.17, 15) is 0 Å². The molecule has 7 heteroatoms. The van der Waals surface area contributed by atoms with Crippen molar-refractivity contribution >= 4 is 15.9 Å². The van der Waals surface area contributed by atoms with Crippen LogP contribution in [0.1, 0.15) is 44.4 Å². The molecule has 0 N–H and O–H groups in total. The van der Waals surface area contributed by atoms with Gasteiger partial charge in [0.15, 0.2) is 10.4 Å². The first-order valence-corrected chi connectivity index (χ1v) is 10.6. The summed E-state index contributed by atoms with van der Waals surface area (Å²) in [4.78, 5) is 5.09. The highest BCUT2D eigenvalue weighted by molar-refractivity contribution is 9.10. The Morgan fingerprint density at radius 2 is 1.73 bits per heavy atom. The maximum Gasteiger partial charge on any atom is 0.283 e. The predicted molar refractivity (Wildman–Crippen MR) is 103 cm³/mol. The van der Waals surface area contributed by atoms with Crippen LogP contribution < -0.4 is 0 Å². The first-order chi connectivity index (χ1) is 12.8. The zero-order valence-electron chi connectivity index (χ0n) is 15.2. The highest BCUT2D eigenvalue weighted by Gasteiger charge is 2.21. The van der Waals surface area contributed by atoms with E-state index in [-0.39, 0.29) is 0 Å². The van der Waals surface area contributed by atoms with Gasteiger partial charge in [-0.1, -0.05) is 19.3 Å². The van der Waals surface area contributed by atoms with Crippen LogP contribution in [0.5, 0.6) is 0 Å². The van der Waals surface area contributed by atoms with Crippen molar-refractivity contribution in [1.82, 2.24) is 20.0 Å². The van der Waals surface area contributed by atoms with Gasteiger partial charge in [-0.15, -0.1) is 10.2 Å². The molecular formula is C19H27BrN4O2. The lowest BCUT2D eigenvalue weighted by Crippen LogP contribution is -2.34. The molecular weight excluding hydrogens is 396 g/mol. The maximum atomic E-state index is 5.78. The molecule has 0 spiro atoms. The Bertz CT molecular complexity index is 695. The SMILES string of the molecule is Brc1ccc(-c2nnc(CN3CCCN(CC4CCCCC4)CC3)o2)o1. The Kier molecular flexibility index (Phi) is 6.07. The number of aromatic nitrogens is 2. The molecule has 1 saturated heterocycles. The molecule has 0 radical (unpaired) electrons. The number of nitrogens with zero attached hydrogens (tertiary/aromatic N) is 4. The zero-order valence-corrected chi connectivity index (χ0v) is 16.8. The first-order valence-electron chi connectivity index (χ1n) is 9.79. The fourth-order valence-electron chi connectivity index (χ4n) is 4.14. The molecule has 142 valence electrons. The van der Waals surface area contributed by atoms with Crippen LogP contribution in [0.25, 0.3) is 11.7 Å². The minimum absolute atomic E-state index is 0.444. The number of hydrogen-bond donors (Lipinski definition) is 0. The highest BCUT2D eigenvalue weighted by atomic mass is 79.9. The summed E-state index contributed by atoms with van der Waals surface area (Å²) in [6.07, 6.45) is 8.35. The van der Waals surface area contributed by atoms with E-state index >= 15 is 0 Å². The molecule has 1 saturated carbocycles. The predicted octanol–water partition coefficient (Wildman–Crippen LogP) is 4.18. The summed E-state index contributed by atoms with van der Waals surface area (Å²) in [6.45, 7) is 6.51. The van der Waals surface area contributed by atoms with Crippen LogP contribution in [-0.4, -0.2) is 52.7 Å². The van der Waals surface area contributed by atoms with Crippen molar-refractivity contribution in [2.24, 2.45) is 5.92 Å². The first kappa shape index (κ1) is 18.2. The normalized spacial score (nSPS) is 21.1. The topological polar surface area (TPSA) is 58.5 Å². The lowest BCUT2D eigenvalue weighted by atomic mass is 9.89. The number of rotatable bonds is 5. The average Bonchev–Trinajstić information content (AvgIpc) is 3.23. The standard InChI is InChI=1S/C19H27BrN4O2/c20-17-8-7-16(25-17)19-22-21-18(26-19)14-24-10-4-9-23(11-12-24)13-15-5-2-1-3-6-15/h7-8,15H,1-6,9-14H2. The van der Waals surface area contributed by atoms with Gasteiger partial charge >= 0.3 is 0 Å². The molecule has 0 atom stereocenters. The lowest BCUT2D eigenvalue weighted by molar-refractivity contribution is 0.196. The van der Waals surface area contributed by atoms with Crippen LogP contribution >= 0.6 is 15.9 Å². The van der Waals surface area contributed by atoms with E-state index in [2.05, 4.69) is 35.9 Å². The van der Waals surface area contributed by atoms with Gasteiger partial charge in [-0.05, 0) is 66.3 Å². The molecule has 0 amide bonds. The fourth-order valence-corrected chi connectivity index (χ4v) is 4.44. The van der Waals surface area contributed by atoms with Gasteiger partial charge in [0, 0.05) is 19.6 Å². The highest BCUT2D eigenvalue weighted by Crippen LogP contribution is 2.26. The Balaban J connectivity index is 1.28.